The normalized spacial score (nSPS) is 10.0. The van der Waals surface area contributed by atoms with Crippen LogP contribution in [0.2, 0.25) is 0 Å². The monoisotopic (exact) mass is 296 g/mol. The molecule has 0 aliphatic carbocycles. The highest BCUT2D eigenvalue weighted by molar-refractivity contribution is 5.76. The number of rotatable bonds is 10. The first-order valence-electron chi connectivity index (χ1n) is 7.26. The molecule has 1 aromatic rings. The molecule has 1 rings (SSSR count). The van der Waals surface area contributed by atoms with Crippen LogP contribution in [0, 0.1) is 0 Å². The highest BCUT2D eigenvalue weighted by Crippen LogP contribution is 2.10. The molecule has 118 valence electrons. The van der Waals surface area contributed by atoms with Crippen molar-refractivity contribution in [2.24, 2.45) is 0 Å². The van der Waals surface area contributed by atoms with Gasteiger partial charge in [0.25, 0.3) is 0 Å². The molecule has 1 aromatic heterocycles. The number of anilines is 2. The minimum atomic E-state index is 0.00898. The fraction of sp³-hybridized carbons (Fsp3) is 0.692. The van der Waals surface area contributed by atoms with Crippen molar-refractivity contribution in [2.75, 3.05) is 37.4 Å². The standard InChI is InChI=1S/C13H24N6O2/c1-4-7-15-10(20)6-8-16-12-17-11(14-3)18-13(19-12)21-9-5-2/h4-9H2,1-3H3,(H,15,20)(H2,14,16,17,18,19). The summed E-state index contributed by atoms with van der Waals surface area (Å²) in [5.74, 6) is 0.826. The predicted molar refractivity (Wildman–Crippen MR) is 81.6 cm³/mol. The van der Waals surface area contributed by atoms with Gasteiger partial charge in [-0.2, -0.15) is 15.0 Å². The second kappa shape index (κ2) is 9.73. The summed E-state index contributed by atoms with van der Waals surface area (Å²) in [5, 5.41) is 8.66. The van der Waals surface area contributed by atoms with Crippen molar-refractivity contribution in [1.29, 1.82) is 0 Å². The molecule has 8 heteroatoms. The van der Waals surface area contributed by atoms with Gasteiger partial charge in [-0.15, -0.1) is 0 Å². The first kappa shape index (κ1) is 16.9. The van der Waals surface area contributed by atoms with Gasteiger partial charge in [-0.1, -0.05) is 13.8 Å². The van der Waals surface area contributed by atoms with Crippen molar-refractivity contribution in [3.8, 4) is 6.01 Å². The van der Waals surface area contributed by atoms with E-state index >= 15 is 0 Å². The number of carbonyl (C=O) groups is 1. The maximum Gasteiger partial charge on any atom is 0.323 e. The Balaban J connectivity index is 2.51. The van der Waals surface area contributed by atoms with E-state index in [9.17, 15) is 4.79 Å². The van der Waals surface area contributed by atoms with Crippen molar-refractivity contribution >= 4 is 17.8 Å². The van der Waals surface area contributed by atoms with Crippen LogP contribution in [0.3, 0.4) is 0 Å². The average molecular weight is 296 g/mol. The predicted octanol–water partition coefficient (Wildman–Crippen LogP) is 1.03. The summed E-state index contributed by atoms with van der Waals surface area (Å²) < 4.78 is 5.40. The number of amides is 1. The van der Waals surface area contributed by atoms with Gasteiger partial charge in [0.2, 0.25) is 17.8 Å². The molecule has 0 spiro atoms. The molecule has 21 heavy (non-hydrogen) atoms. The van der Waals surface area contributed by atoms with Gasteiger partial charge in [-0.05, 0) is 12.8 Å². The summed E-state index contributed by atoms with van der Waals surface area (Å²) in [6.45, 7) is 5.72. The third-order valence-electron chi connectivity index (χ3n) is 2.48. The van der Waals surface area contributed by atoms with E-state index in [1.807, 2.05) is 13.8 Å². The molecule has 0 fully saturated rings. The van der Waals surface area contributed by atoms with Gasteiger partial charge in [-0.3, -0.25) is 4.79 Å². The van der Waals surface area contributed by atoms with Crippen molar-refractivity contribution in [3.63, 3.8) is 0 Å². The first-order chi connectivity index (χ1) is 10.2. The number of aromatic nitrogens is 3. The molecule has 0 aromatic carbocycles. The van der Waals surface area contributed by atoms with Crippen LogP contribution in [-0.2, 0) is 4.79 Å². The second-order valence-corrected chi connectivity index (χ2v) is 4.39. The van der Waals surface area contributed by atoms with E-state index < -0.39 is 0 Å². The molecule has 0 unspecified atom stereocenters. The fourth-order valence-corrected chi connectivity index (χ4v) is 1.45. The molecule has 1 amide bonds. The van der Waals surface area contributed by atoms with Crippen molar-refractivity contribution in [2.45, 2.75) is 33.1 Å². The van der Waals surface area contributed by atoms with Crippen LogP contribution in [0.25, 0.3) is 0 Å². The van der Waals surface area contributed by atoms with Gasteiger partial charge in [0.05, 0.1) is 6.61 Å². The van der Waals surface area contributed by atoms with Gasteiger partial charge >= 0.3 is 6.01 Å². The summed E-state index contributed by atoms with van der Waals surface area (Å²) in [7, 11) is 1.72. The molecule has 0 aliphatic heterocycles. The molecule has 0 bridgehead atoms. The Morgan fingerprint density at radius 2 is 1.86 bits per heavy atom. The maximum atomic E-state index is 11.5. The molecule has 8 nitrogen and oxygen atoms in total. The van der Waals surface area contributed by atoms with Gasteiger partial charge in [0.15, 0.2) is 0 Å². The summed E-state index contributed by atoms with van der Waals surface area (Å²) in [5.41, 5.74) is 0. The van der Waals surface area contributed by atoms with Crippen LogP contribution >= 0.6 is 0 Å². The molecule has 0 atom stereocenters. The SMILES string of the molecule is CCCNC(=O)CCNc1nc(NC)nc(OCCC)n1. The number of ether oxygens (including phenoxy) is 1. The highest BCUT2D eigenvalue weighted by Gasteiger charge is 2.07. The molecule has 0 saturated carbocycles. The minimum absolute atomic E-state index is 0.00898. The third kappa shape index (κ3) is 6.73. The number of carbonyl (C=O) groups excluding carboxylic acids is 1. The van der Waals surface area contributed by atoms with Crippen LogP contribution in [0.5, 0.6) is 6.01 Å². The number of nitrogens with one attached hydrogen (secondary N) is 3. The van der Waals surface area contributed by atoms with Crippen LogP contribution in [-0.4, -0.2) is 47.6 Å². The number of nitrogens with zero attached hydrogens (tertiary/aromatic N) is 3. The number of hydrogen-bond acceptors (Lipinski definition) is 7. The van der Waals surface area contributed by atoms with Gasteiger partial charge in [-0.25, -0.2) is 0 Å². The zero-order chi connectivity index (χ0) is 15.5. The van der Waals surface area contributed by atoms with Gasteiger partial charge in [0.1, 0.15) is 0 Å². The summed E-state index contributed by atoms with van der Waals surface area (Å²) in [6, 6.07) is 0.272. The fourth-order valence-electron chi connectivity index (χ4n) is 1.45. The largest absolute Gasteiger partial charge is 0.463 e. The molecule has 3 N–H and O–H groups in total. The lowest BCUT2D eigenvalue weighted by atomic mass is 10.4. The Morgan fingerprint density at radius 3 is 2.52 bits per heavy atom. The third-order valence-corrected chi connectivity index (χ3v) is 2.48. The smallest absolute Gasteiger partial charge is 0.323 e. The molecule has 0 saturated heterocycles. The van der Waals surface area contributed by atoms with E-state index in [0.717, 1.165) is 12.8 Å². The van der Waals surface area contributed by atoms with Crippen LogP contribution in [0.15, 0.2) is 0 Å². The Hall–Kier alpha value is -2.12. The van der Waals surface area contributed by atoms with Crippen LogP contribution in [0.4, 0.5) is 11.9 Å². The second-order valence-electron chi connectivity index (χ2n) is 4.39. The molecule has 1 heterocycles. The Kier molecular flexibility index (Phi) is 7.85. The molecular weight excluding hydrogens is 272 g/mol. The lowest BCUT2D eigenvalue weighted by Crippen LogP contribution is -2.26. The van der Waals surface area contributed by atoms with Crippen LogP contribution in [0.1, 0.15) is 33.1 Å². The van der Waals surface area contributed by atoms with E-state index in [1.165, 1.54) is 0 Å². The zero-order valence-corrected chi connectivity index (χ0v) is 12.9. The molecule has 0 radical (unpaired) electrons. The zero-order valence-electron chi connectivity index (χ0n) is 12.9. The highest BCUT2D eigenvalue weighted by atomic mass is 16.5. The Morgan fingerprint density at radius 1 is 1.10 bits per heavy atom. The van der Waals surface area contributed by atoms with E-state index in [-0.39, 0.29) is 11.9 Å². The van der Waals surface area contributed by atoms with E-state index in [0.29, 0.717) is 38.0 Å². The summed E-state index contributed by atoms with van der Waals surface area (Å²) in [4.78, 5) is 23.9. The average Bonchev–Trinajstić information content (AvgIpc) is 2.50. The molecule has 0 aliphatic rings. The quantitative estimate of drug-likeness (QED) is 0.592. The topological polar surface area (TPSA) is 101 Å². The Bertz CT molecular complexity index is 441. The minimum Gasteiger partial charge on any atom is -0.463 e. The van der Waals surface area contributed by atoms with E-state index in [4.69, 9.17) is 4.74 Å². The summed E-state index contributed by atoms with van der Waals surface area (Å²) >= 11 is 0. The molecular formula is C13H24N6O2. The van der Waals surface area contributed by atoms with Crippen molar-refractivity contribution in [3.05, 3.63) is 0 Å². The maximum absolute atomic E-state index is 11.5. The Labute approximate surface area is 125 Å². The van der Waals surface area contributed by atoms with Crippen molar-refractivity contribution < 1.29 is 9.53 Å². The lowest BCUT2D eigenvalue weighted by Gasteiger charge is -2.09. The summed E-state index contributed by atoms with van der Waals surface area (Å²) in [6.07, 6.45) is 2.17. The van der Waals surface area contributed by atoms with E-state index in [2.05, 4.69) is 30.9 Å². The number of hydrogen-bond donors (Lipinski definition) is 3. The van der Waals surface area contributed by atoms with E-state index in [1.54, 1.807) is 7.05 Å². The van der Waals surface area contributed by atoms with Gasteiger partial charge < -0.3 is 20.7 Å². The van der Waals surface area contributed by atoms with Crippen molar-refractivity contribution in [1.82, 2.24) is 20.3 Å². The van der Waals surface area contributed by atoms with Crippen LogP contribution < -0.4 is 20.7 Å². The first-order valence-corrected chi connectivity index (χ1v) is 7.26. The van der Waals surface area contributed by atoms with Gasteiger partial charge in [0, 0.05) is 26.6 Å². The lowest BCUT2D eigenvalue weighted by molar-refractivity contribution is -0.120.